The average Bonchev–Trinajstić information content (AvgIpc) is 2.68. The number of nitrogens with zero attached hydrogens (tertiary/aromatic N) is 3. The van der Waals surface area contributed by atoms with E-state index in [1.165, 1.54) is 30.4 Å². The molecule has 0 spiro atoms. The van der Waals surface area contributed by atoms with Gasteiger partial charge in [-0.15, -0.1) is 0 Å². The topological polar surface area (TPSA) is 50.3 Å². The van der Waals surface area contributed by atoms with Gasteiger partial charge < -0.3 is 15.0 Å². The van der Waals surface area contributed by atoms with E-state index in [0.29, 0.717) is 12.1 Å². The van der Waals surface area contributed by atoms with Crippen molar-refractivity contribution in [2.45, 2.75) is 44.2 Å². The summed E-state index contributed by atoms with van der Waals surface area (Å²) < 4.78 is 5.52. The molecule has 0 bridgehead atoms. The zero-order valence-electron chi connectivity index (χ0n) is 14.8. The standard InChI is InChI=1S/C20H26N4O/c1-25-19-7-2-5-15-13-16(8-9-18(15)19)23-17-6-3-12-24(14-17)20-21-10-4-11-22-20/h2,4-5,7,10-11,16-17,23H,3,6,8-9,12-14H2,1H3/t16-,17-/m0/s1. The minimum Gasteiger partial charge on any atom is -0.496 e. The number of hydrogen-bond acceptors (Lipinski definition) is 5. The van der Waals surface area contributed by atoms with Gasteiger partial charge in [-0.1, -0.05) is 12.1 Å². The average molecular weight is 338 g/mol. The molecular formula is C20H26N4O. The molecule has 1 aliphatic carbocycles. The van der Waals surface area contributed by atoms with Gasteiger partial charge in [0.2, 0.25) is 5.95 Å². The number of rotatable bonds is 4. The van der Waals surface area contributed by atoms with Crippen LogP contribution < -0.4 is 15.0 Å². The number of aromatic nitrogens is 2. The highest BCUT2D eigenvalue weighted by molar-refractivity contribution is 5.42. The van der Waals surface area contributed by atoms with Crippen LogP contribution in [0.1, 0.15) is 30.4 Å². The highest BCUT2D eigenvalue weighted by Crippen LogP contribution is 2.30. The molecule has 0 saturated carbocycles. The Balaban J connectivity index is 1.39. The van der Waals surface area contributed by atoms with E-state index in [1.54, 1.807) is 7.11 Å². The van der Waals surface area contributed by atoms with Crippen LogP contribution in [0.15, 0.2) is 36.7 Å². The number of ether oxygens (including phenoxy) is 1. The SMILES string of the molecule is COc1cccc2c1CC[C@H](N[C@H]1CCCN(c3ncccn3)C1)C2. The highest BCUT2D eigenvalue weighted by Gasteiger charge is 2.26. The minimum atomic E-state index is 0.509. The summed E-state index contributed by atoms with van der Waals surface area (Å²) in [4.78, 5) is 11.1. The quantitative estimate of drug-likeness (QED) is 0.929. The first-order valence-electron chi connectivity index (χ1n) is 9.26. The van der Waals surface area contributed by atoms with E-state index in [2.05, 4.69) is 38.4 Å². The Bertz CT molecular complexity index is 706. The molecule has 5 nitrogen and oxygen atoms in total. The summed E-state index contributed by atoms with van der Waals surface area (Å²) in [6.45, 7) is 2.04. The molecule has 1 aromatic carbocycles. The van der Waals surface area contributed by atoms with E-state index < -0.39 is 0 Å². The first-order valence-corrected chi connectivity index (χ1v) is 9.26. The van der Waals surface area contributed by atoms with Crippen LogP contribution >= 0.6 is 0 Å². The summed E-state index contributed by atoms with van der Waals surface area (Å²) in [7, 11) is 1.77. The summed E-state index contributed by atoms with van der Waals surface area (Å²) in [5, 5.41) is 3.90. The van der Waals surface area contributed by atoms with Crippen LogP contribution in [0.25, 0.3) is 0 Å². The van der Waals surface area contributed by atoms with Gasteiger partial charge in [-0.05, 0) is 55.4 Å². The zero-order valence-corrected chi connectivity index (χ0v) is 14.8. The van der Waals surface area contributed by atoms with Crippen molar-refractivity contribution in [1.82, 2.24) is 15.3 Å². The van der Waals surface area contributed by atoms with E-state index in [4.69, 9.17) is 4.74 Å². The van der Waals surface area contributed by atoms with Crippen molar-refractivity contribution in [3.63, 3.8) is 0 Å². The van der Waals surface area contributed by atoms with Crippen molar-refractivity contribution in [3.05, 3.63) is 47.8 Å². The van der Waals surface area contributed by atoms with Crippen molar-refractivity contribution in [3.8, 4) is 5.75 Å². The van der Waals surface area contributed by atoms with Crippen molar-refractivity contribution >= 4 is 5.95 Å². The third-order valence-electron chi connectivity index (χ3n) is 5.39. The van der Waals surface area contributed by atoms with Gasteiger partial charge in [-0.25, -0.2) is 9.97 Å². The molecule has 2 aliphatic rings. The molecule has 0 radical (unpaired) electrons. The second kappa shape index (κ2) is 7.40. The normalized spacial score (nSPS) is 23.2. The third kappa shape index (κ3) is 3.61. The molecular weight excluding hydrogens is 312 g/mol. The Morgan fingerprint density at radius 3 is 2.84 bits per heavy atom. The van der Waals surface area contributed by atoms with Crippen LogP contribution in [-0.2, 0) is 12.8 Å². The lowest BCUT2D eigenvalue weighted by atomic mass is 9.87. The smallest absolute Gasteiger partial charge is 0.225 e. The minimum absolute atomic E-state index is 0.509. The predicted molar refractivity (Wildman–Crippen MR) is 99.2 cm³/mol. The lowest BCUT2D eigenvalue weighted by Crippen LogP contribution is -2.50. The van der Waals surface area contributed by atoms with Gasteiger partial charge in [-0.3, -0.25) is 0 Å². The van der Waals surface area contributed by atoms with E-state index in [9.17, 15) is 0 Å². The Labute approximate surface area is 149 Å². The summed E-state index contributed by atoms with van der Waals surface area (Å²) in [5.74, 6) is 1.90. The summed E-state index contributed by atoms with van der Waals surface area (Å²) in [5.41, 5.74) is 2.83. The van der Waals surface area contributed by atoms with Crippen LogP contribution in [0.2, 0.25) is 0 Å². The lowest BCUT2D eigenvalue weighted by molar-refractivity contribution is 0.345. The van der Waals surface area contributed by atoms with Gasteiger partial charge in [0.15, 0.2) is 0 Å². The Hall–Kier alpha value is -2.14. The van der Waals surface area contributed by atoms with Gasteiger partial charge in [-0.2, -0.15) is 0 Å². The highest BCUT2D eigenvalue weighted by atomic mass is 16.5. The molecule has 2 aromatic rings. The molecule has 2 heterocycles. The number of anilines is 1. The summed E-state index contributed by atoms with van der Waals surface area (Å²) >= 11 is 0. The molecule has 1 fully saturated rings. The van der Waals surface area contributed by atoms with Crippen molar-refractivity contribution < 1.29 is 4.74 Å². The monoisotopic (exact) mass is 338 g/mol. The molecule has 25 heavy (non-hydrogen) atoms. The fourth-order valence-corrected chi connectivity index (χ4v) is 4.19. The van der Waals surface area contributed by atoms with Crippen LogP contribution in [0.4, 0.5) is 5.95 Å². The Morgan fingerprint density at radius 1 is 1.12 bits per heavy atom. The Kier molecular flexibility index (Phi) is 4.83. The number of benzene rings is 1. The maximum atomic E-state index is 5.52. The van der Waals surface area contributed by atoms with E-state index in [1.807, 2.05) is 18.5 Å². The number of nitrogens with one attached hydrogen (secondary N) is 1. The predicted octanol–water partition coefficient (Wildman–Crippen LogP) is 2.60. The molecule has 1 N–H and O–H groups in total. The van der Waals surface area contributed by atoms with E-state index >= 15 is 0 Å². The zero-order chi connectivity index (χ0) is 17.1. The Morgan fingerprint density at radius 2 is 2.00 bits per heavy atom. The number of hydrogen-bond donors (Lipinski definition) is 1. The largest absolute Gasteiger partial charge is 0.496 e. The van der Waals surface area contributed by atoms with E-state index in [0.717, 1.165) is 37.6 Å². The van der Waals surface area contributed by atoms with Gasteiger partial charge in [0, 0.05) is 37.6 Å². The number of piperidine rings is 1. The van der Waals surface area contributed by atoms with Crippen LogP contribution in [0.5, 0.6) is 5.75 Å². The van der Waals surface area contributed by atoms with Crippen LogP contribution in [0, 0.1) is 0 Å². The number of fused-ring (bicyclic) bond motifs is 1. The molecule has 4 rings (SSSR count). The molecule has 1 saturated heterocycles. The maximum Gasteiger partial charge on any atom is 0.225 e. The fraction of sp³-hybridized carbons (Fsp3) is 0.500. The molecule has 0 amide bonds. The van der Waals surface area contributed by atoms with Gasteiger partial charge in [0.25, 0.3) is 0 Å². The molecule has 5 heteroatoms. The maximum absolute atomic E-state index is 5.52. The van der Waals surface area contributed by atoms with Gasteiger partial charge in [0.05, 0.1) is 7.11 Å². The number of methoxy groups -OCH3 is 1. The summed E-state index contributed by atoms with van der Waals surface area (Å²) in [6, 6.07) is 9.35. The molecule has 132 valence electrons. The molecule has 0 unspecified atom stereocenters. The van der Waals surface area contributed by atoms with Crippen LogP contribution in [-0.4, -0.2) is 42.3 Å². The van der Waals surface area contributed by atoms with Crippen molar-refractivity contribution in [2.24, 2.45) is 0 Å². The lowest BCUT2D eigenvalue weighted by Gasteiger charge is -2.36. The van der Waals surface area contributed by atoms with Crippen molar-refractivity contribution in [2.75, 3.05) is 25.1 Å². The van der Waals surface area contributed by atoms with Gasteiger partial charge in [0.1, 0.15) is 5.75 Å². The molecule has 2 atom stereocenters. The third-order valence-corrected chi connectivity index (χ3v) is 5.39. The first kappa shape index (κ1) is 16.3. The van der Waals surface area contributed by atoms with Crippen LogP contribution in [0.3, 0.4) is 0 Å². The molecule has 1 aliphatic heterocycles. The van der Waals surface area contributed by atoms with E-state index in [-0.39, 0.29) is 0 Å². The second-order valence-corrected chi connectivity index (χ2v) is 7.04. The van der Waals surface area contributed by atoms with Crippen molar-refractivity contribution in [1.29, 1.82) is 0 Å². The summed E-state index contributed by atoms with van der Waals surface area (Å²) in [6.07, 6.45) is 9.42. The van der Waals surface area contributed by atoms with Gasteiger partial charge >= 0.3 is 0 Å². The molecule has 1 aromatic heterocycles. The second-order valence-electron chi connectivity index (χ2n) is 7.04. The first-order chi connectivity index (χ1) is 12.3. The fourth-order valence-electron chi connectivity index (χ4n) is 4.19.